The molecule has 172 valence electrons. The van der Waals surface area contributed by atoms with Gasteiger partial charge in [-0.2, -0.15) is 12.6 Å². The van der Waals surface area contributed by atoms with Gasteiger partial charge in [-0.3, -0.25) is 19.2 Å². The number of amides is 3. The third-order valence-corrected chi connectivity index (χ3v) is 4.33. The van der Waals surface area contributed by atoms with Crippen molar-refractivity contribution in [3.8, 4) is 0 Å². The zero-order valence-corrected chi connectivity index (χ0v) is 17.3. The van der Waals surface area contributed by atoms with Crippen molar-refractivity contribution < 1.29 is 44.4 Å². The second kappa shape index (κ2) is 13.0. The largest absolute Gasteiger partial charge is 0.481 e. The maximum absolute atomic E-state index is 12.4. The van der Waals surface area contributed by atoms with Crippen LogP contribution in [0.25, 0.3) is 0 Å². The minimum Gasteiger partial charge on any atom is -0.481 e. The van der Waals surface area contributed by atoms with Gasteiger partial charge in [0.05, 0.1) is 12.2 Å². The predicted molar refractivity (Wildman–Crippen MR) is 105 cm³/mol. The Balaban J connectivity index is 5.34. The molecule has 0 aliphatic heterocycles. The molecule has 0 saturated carbocycles. The topological polar surface area (TPSA) is 228 Å². The molecule has 3 amide bonds. The van der Waals surface area contributed by atoms with Crippen LogP contribution in [0.2, 0.25) is 0 Å². The molecular weight excluding hydrogens is 424 g/mol. The molecule has 13 nitrogen and oxygen atoms in total. The number of carboxylic acid groups (broad SMARTS) is 2. The number of aliphatic hydroxyl groups excluding tert-OH is 2. The zero-order valence-electron chi connectivity index (χ0n) is 16.4. The summed E-state index contributed by atoms with van der Waals surface area (Å²) < 4.78 is 0. The highest BCUT2D eigenvalue weighted by atomic mass is 32.1. The number of rotatable bonds is 13. The molecule has 6 unspecified atom stereocenters. The number of carbonyl (C=O) groups is 5. The van der Waals surface area contributed by atoms with E-state index in [1.165, 1.54) is 6.92 Å². The second-order valence-corrected chi connectivity index (χ2v) is 6.93. The molecule has 0 aliphatic rings. The van der Waals surface area contributed by atoms with Crippen LogP contribution in [0, 0.1) is 0 Å². The lowest BCUT2D eigenvalue weighted by molar-refractivity contribution is -0.145. The van der Waals surface area contributed by atoms with Crippen molar-refractivity contribution in [1.82, 2.24) is 16.0 Å². The van der Waals surface area contributed by atoms with E-state index >= 15 is 0 Å². The van der Waals surface area contributed by atoms with Crippen molar-refractivity contribution in [2.24, 2.45) is 5.73 Å². The molecule has 0 spiro atoms. The van der Waals surface area contributed by atoms with E-state index in [-0.39, 0.29) is 12.2 Å². The van der Waals surface area contributed by atoms with E-state index in [4.69, 9.17) is 15.9 Å². The number of aliphatic carboxylic acids is 2. The van der Waals surface area contributed by atoms with E-state index < -0.39 is 72.5 Å². The minimum atomic E-state index is -1.69. The van der Waals surface area contributed by atoms with E-state index in [9.17, 15) is 34.2 Å². The van der Waals surface area contributed by atoms with Gasteiger partial charge in [0.25, 0.3) is 0 Å². The Kier molecular flexibility index (Phi) is 11.9. The molecule has 0 aromatic rings. The van der Waals surface area contributed by atoms with Gasteiger partial charge in [0, 0.05) is 12.2 Å². The molecule has 0 aromatic heterocycles. The van der Waals surface area contributed by atoms with E-state index in [1.807, 2.05) is 5.32 Å². The molecule has 6 atom stereocenters. The summed E-state index contributed by atoms with van der Waals surface area (Å²) in [4.78, 5) is 58.7. The molecule has 0 aliphatic carbocycles. The summed E-state index contributed by atoms with van der Waals surface area (Å²) in [6.45, 7) is 2.40. The van der Waals surface area contributed by atoms with Crippen LogP contribution in [-0.4, -0.2) is 92.2 Å². The fourth-order valence-electron chi connectivity index (χ4n) is 2.13. The van der Waals surface area contributed by atoms with Gasteiger partial charge in [-0.05, 0) is 20.3 Å². The summed E-state index contributed by atoms with van der Waals surface area (Å²) in [5.74, 6) is -5.83. The first kappa shape index (κ1) is 27.6. The molecule has 0 radical (unpaired) electrons. The highest BCUT2D eigenvalue weighted by Gasteiger charge is 2.32. The molecule has 0 rings (SSSR count). The van der Waals surface area contributed by atoms with Crippen LogP contribution in [-0.2, 0) is 24.0 Å². The maximum atomic E-state index is 12.4. The van der Waals surface area contributed by atoms with Gasteiger partial charge in [-0.1, -0.05) is 0 Å². The SMILES string of the molecule is CC(O)C(N)C(=O)NC(CS)C(=O)NC(CCC(=O)O)C(=O)NC(C(=O)O)C(C)O. The summed E-state index contributed by atoms with van der Waals surface area (Å²) in [6.07, 6.45) is -3.58. The van der Waals surface area contributed by atoms with Crippen LogP contribution in [0.5, 0.6) is 0 Å². The Morgan fingerprint density at radius 1 is 0.867 bits per heavy atom. The highest BCUT2D eigenvalue weighted by molar-refractivity contribution is 7.80. The average Bonchev–Trinajstić information content (AvgIpc) is 2.65. The number of hydrogen-bond donors (Lipinski definition) is 9. The number of nitrogens with two attached hydrogens (primary N) is 1. The lowest BCUT2D eigenvalue weighted by atomic mass is 10.1. The molecule has 0 bridgehead atoms. The van der Waals surface area contributed by atoms with Crippen LogP contribution in [0.15, 0.2) is 0 Å². The summed E-state index contributed by atoms with van der Waals surface area (Å²) >= 11 is 3.93. The molecule has 0 aromatic carbocycles. The number of hydrogen-bond acceptors (Lipinski definition) is 9. The first-order chi connectivity index (χ1) is 13.8. The van der Waals surface area contributed by atoms with Crippen molar-refractivity contribution in [3.05, 3.63) is 0 Å². The number of carbonyl (C=O) groups excluding carboxylic acids is 3. The van der Waals surface area contributed by atoms with Crippen LogP contribution in [0.1, 0.15) is 26.7 Å². The Hall–Kier alpha value is -2.42. The smallest absolute Gasteiger partial charge is 0.328 e. The highest BCUT2D eigenvalue weighted by Crippen LogP contribution is 2.03. The van der Waals surface area contributed by atoms with Crippen LogP contribution >= 0.6 is 12.6 Å². The average molecular weight is 452 g/mol. The van der Waals surface area contributed by atoms with Crippen LogP contribution in [0.4, 0.5) is 0 Å². The van der Waals surface area contributed by atoms with E-state index in [0.717, 1.165) is 6.92 Å². The number of thiol groups is 1. The molecule has 0 saturated heterocycles. The third-order valence-electron chi connectivity index (χ3n) is 3.96. The molecular formula is C16H28N4O9S. The molecule has 0 heterocycles. The number of carboxylic acids is 2. The summed E-state index contributed by atoms with van der Waals surface area (Å²) in [5, 5.41) is 43.2. The van der Waals surface area contributed by atoms with E-state index in [1.54, 1.807) is 0 Å². The number of nitrogens with one attached hydrogen (secondary N) is 3. The Morgan fingerprint density at radius 3 is 1.77 bits per heavy atom. The van der Waals surface area contributed by atoms with Gasteiger partial charge in [0.2, 0.25) is 17.7 Å². The lowest BCUT2D eigenvalue weighted by Crippen LogP contribution is -2.59. The van der Waals surface area contributed by atoms with Crippen molar-refractivity contribution in [1.29, 1.82) is 0 Å². The minimum absolute atomic E-state index is 0.219. The van der Waals surface area contributed by atoms with Gasteiger partial charge in [-0.25, -0.2) is 4.79 Å². The quantitative estimate of drug-likeness (QED) is 0.125. The molecule has 30 heavy (non-hydrogen) atoms. The summed E-state index contributed by atoms with van der Waals surface area (Å²) in [5.41, 5.74) is 5.48. The predicted octanol–water partition coefficient (Wildman–Crippen LogP) is -3.59. The Labute approximate surface area is 177 Å². The Bertz CT molecular complexity index is 644. The van der Waals surface area contributed by atoms with Crippen molar-refractivity contribution in [2.75, 3.05) is 5.75 Å². The maximum Gasteiger partial charge on any atom is 0.328 e. The molecule has 14 heteroatoms. The van der Waals surface area contributed by atoms with Crippen molar-refractivity contribution in [2.45, 2.75) is 63.1 Å². The van der Waals surface area contributed by atoms with Crippen LogP contribution < -0.4 is 21.7 Å². The molecule has 0 fully saturated rings. The van der Waals surface area contributed by atoms with Gasteiger partial charge < -0.3 is 42.1 Å². The first-order valence-electron chi connectivity index (χ1n) is 8.90. The van der Waals surface area contributed by atoms with Crippen molar-refractivity contribution in [3.63, 3.8) is 0 Å². The Morgan fingerprint density at radius 2 is 1.37 bits per heavy atom. The monoisotopic (exact) mass is 452 g/mol. The van der Waals surface area contributed by atoms with Gasteiger partial charge in [0.15, 0.2) is 6.04 Å². The molecule has 9 N–H and O–H groups in total. The van der Waals surface area contributed by atoms with Crippen LogP contribution in [0.3, 0.4) is 0 Å². The second-order valence-electron chi connectivity index (χ2n) is 6.57. The lowest BCUT2D eigenvalue weighted by Gasteiger charge is -2.25. The van der Waals surface area contributed by atoms with Gasteiger partial charge in [0.1, 0.15) is 18.1 Å². The van der Waals surface area contributed by atoms with Crippen molar-refractivity contribution >= 4 is 42.3 Å². The van der Waals surface area contributed by atoms with Gasteiger partial charge in [-0.15, -0.1) is 0 Å². The first-order valence-corrected chi connectivity index (χ1v) is 9.53. The summed E-state index contributed by atoms with van der Waals surface area (Å²) in [6, 6.07) is -5.77. The van der Waals surface area contributed by atoms with E-state index in [2.05, 4.69) is 23.3 Å². The zero-order chi connectivity index (χ0) is 23.6. The summed E-state index contributed by atoms with van der Waals surface area (Å²) in [7, 11) is 0. The number of aliphatic hydroxyl groups is 2. The third kappa shape index (κ3) is 9.39. The standard InChI is InChI=1S/C16H28N4O9S/c1-6(21)11(17)15(27)19-9(5-30)14(26)18-8(3-4-10(23)24)13(25)20-12(7(2)22)16(28)29/h6-9,11-12,21-22,30H,3-5,17H2,1-2H3,(H,18,26)(H,19,27)(H,20,25)(H,23,24)(H,28,29). The normalized spacial score (nSPS) is 16.9. The van der Waals surface area contributed by atoms with E-state index in [0.29, 0.717) is 0 Å². The fourth-order valence-corrected chi connectivity index (χ4v) is 2.39. The fraction of sp³-hybridized carbons (Fsp3) is 0.688. The van der Waals surface area contributed by atoms with Gasteiger partial charge >= 0.3 is 11.9 Å².